The van der Waals surface area contributed by atoms with E-state index in [4.69, 9.17) is 15.2 Å². The summed E-state index contributed by atoms with van der Waals surface area (Å²) in [5.74, 6) is -0.0684. The van der Waals surface area contributed by atoms with Crippen molar-refractivity contribution in [3.05, 3.63) is 0 Å². The van der Waals surface area contributed by atoms with Gasteiger partial charge < -0.3 is 20.5 Å². The number of halogens is 1. The van der Waals surface area contributed by atoms with Gasteiger partial charge in [-0.15, -0.1) is 12.4 Å². The summed E-state index contributed by atoms with van der Waals surface area (Å²) >= 11 is 0. The Bertz CT molecular complexity index is 249. The van der Waals surface area contributed by atoms with Crippen LogP contribution in [-0.2, 0) is 14.3 Å². The number of nitrogens with two attached hydrogens (primary N) is 1. The van der Waals surface area contributed by atoms with E-state index in [2.05, 4.69) is 5.32 Å². The predicted octanol–water partition coefficient (Wildman–Crippen LogP) is 0.456. The average molecular weight is 267 g/mol. The number of carbonyl (C=O) groups excluding carboxylic acids is 1. The highest BCUT2D eigenvalue weighted by Gasteiger charge is 2.30. The fraction of sp³-hybridized carbons (Fsp3) is 0.909. The molecule has 1 fully saturated rings. The van der Waals surface area contributed by atoms with Crippen LogP contribution in [0.15, 0.2) is 0 Å². The van der Waals surface area contributed by atoms with Crippen LogP contribution in [0.3, 0.4) is 0 Å². The van der Waals surface area contributed by atoms with Crippen LogP contribution in [-0.4, -0.2) is 43.9 Å². The fourth-order valence-electron chi connectivity index (χ4n) is 1.56. The van der Waals surface area contributed by atoms with Gasteiger partial charge in [0.05, 0.1) is 11.7 Å². The van der Waals surface area contributed by atoms with Gasteiger partial charge in [0.15, 0.2) is 0 Å². The molecule has 0 aromatic carbocycles. The quantitative estimate of drug-likeness (QED) is 0.758. The molecule has 6 heteroatoms. The largest absolute Gasteiger partial charge is 0.377 e. The van der Waals surface area contributed by atoms with Gasteiger partial charge in [-0.2, -0.15) is 0 Å². The van der Waals surface area contributed by atoms with Gasteiger partial charge in [-0.25, -0.2) is 0 Å². The van der Waals surface area contributed by atoms with Crippen LogP contribution in [0, 0.1) is 0 Å². The number of rotatable bonds is 5. The molecule has 0 saturated carbocycles. The van der Waals surface area contributed by atoms with Gasteiger partial charge in [0.2, 0.25) is 5.91 Å². The van der Waals surface area contributed by atoms with E-state index in [1.165, 1.54) is 0 Å². The van der Waals surface area contributed by atoms with Gasteiger partial charge in [0, 0.05) is 20.2 Å². The van der Waals surface area contributed by atoms with Gasteiger partial charge in [0.25, 0.3) is 0 Å². The molecule has 1 rings (SSSR count). The predicted molar refractivity (Wildman–Crippen MR) is 68.3 cm³/mol. The second-order valence-corrected chi connectivity index (χ2v) is 4.74. The summed E-state index contributed by atoms with van der Waals surface area (Å²) in [6.07, 6.45) is 1.30. The molecular weight excluding hydrogens is 244 g/mol. The lowest BCUT2D eigenvalue weighted by Crippen LogP contribution is -2.44. The van der Waals surface area contributed by atoms with Gasteiger partial charge in [-0.3, -0.25) is 4.79 Å². The van der Waals surface area contributed by atoms with Gasteiger partial charge in [0.1, 0.15) is 6.10 Å². The molecule has 1 aliphatic rings. The van der Waals surface area contributed by atoms with Gasteiger partial charge >= 0.3 is 0 Å². The smallest absolute Gasteiger partial charge is 0.249 e. The number of methoxy groups -OCH3 is 1. The lowest BCUT2D eigenvalue weighted by molar-refractivity contribution is -0.133. The number of hydrogen-bond donors (Lipinski definition) is 2. The van der Waals surface area contributed by atoms with E-state index in [0.717, 1.165) is 12.8 Å². The van der Waals surface area contributed by atoms with Crippen LogP contribution in [0.5, 0.6) is 0 Å². The monoisotopic (exact) mass is 266 g/mol. The maximum atomic E-state index is 11.7. The molecule has 1 heterocycles. The summed E-state index contributed by atoms with van der Waals surface area (Å²) in [4.78, 5) is 11.7. The molecule has 17 heavy (non-hydrogen) atoms. The van der Waals surface area contributed by atoms with Crippen LogP contribution in [0.1, 0.15) is 26.7 Å². The number of nitrogens with one attached hydrogen (secondary N) is 1. The third-order valence-corrected chi connectivity index (χ3v) is 2.90. The van der Waals surface area contributed by atoms with Crippen LogP contribution < -0.4 is 11.1 Å². The molecule has 1 amide bonds. The molecule has 1 saturated heterocycles. The van der Waals surface area contributed by atoms with Crippen molar-refractivity contribution >= 4 is 18.3 Å². The van der Waals surface area contributed by atoms with Crippen LogP contribution in [0.25, 0.3) is 0 Å². The summed E-state index contributed by atoms with van der Waals surface area (Å²) in [6.45, 7) is 4.81. The molecule has 2 atom stereocenters. The van der Waals surface area contributed by atoms with E-state index in [1.54, 1.807) is 7.11 Å². The van der Waals surface area contributed by atoms with E-state index in [9.17, 15) is 4.79 Å². The third kappa shape index (κ3) is 5.21. The van der Waals surface area contributed by atoms with E-state index in [-0.39, 0.29) is 36.1 Å². The molecule has 1 aliphatic heterocycles. The highest BCUT2D eigenvalue weighted by atomic mass is 35.5. The van der Waals surface area contributed by atoms with Crippen molar-refractivity contribution < 1.29 is 14.3 Å². The van der Waals surface area contributed by atoms with E-state index in [0.29, 0.717) is 13.1 Å². The summed E-state index contributed by atoms with van der Waals surface area (Å²) < 4.78 is 10.7. The Morgan fingerprint density at radius 3 is 2.65 bits per heavy atom. The molecule has 0 radical (unpaired) electrons. The van der Waals surface area contributed by atoms with E-state index >= 15 is 0 Å². The van der Waals surface area contributed by atoms with Gasteiger partial charge in [-0.05, 0) is 26.7 Å². The minimum absolute atomic E-state index is 0. The van der Waals surface area contributed by atoms with Crippen molar-refractivity contribution in [2.45, 2.75) is 44.5 Å². The first-order valence-electron chi connectivity index (χ1n) is 5.67. The van der Waals surface area contributed by atoms with Crippen LogP contribution in [0.4, 0.5) is 0 Å². The Balaban J connectivity index is 0.00000256. The number of carbonyl (C=O) groups is 1. The molecule has 102 valence electrons. The highest BCUT2D eigenvalue weighted by Crippen LogP contribution is 2.19. The molecule has 0 spiro atoms. The maximum Gasteiger partial charge on any atom is 0.249 e. The van der Waals surface area contributed by atoms with Crippen molar-refractivity contribution in [2.24, 2.45) is 5.73 Å². The fourth-order valence-corrected chi connectivity index (χ4v) is 1.56. The maximum absolute atomic E-state index is 11.7. The van der Waals surface area contributed by atoms with Crippen molar-refractivity contribution in [3.63, 3.8) is 0 Å². The normalized spacial score (nSPS) is 24.2. The third-order valence-electron chi connectivity index (χ3n) is 2.90. The average Bonchev–Trinajstić information content (AvgIpc) is 2.74. The molecule has 0 unspecified atom stereocenters. The first-order chi connectivity index (χ1) is 7.48. The lowest BCUT2D eigenvalue weighted by Gasteiger charge is -2.24. The summed E-state index contributed by atoms with van der Waals surface area (Å²) in [6, 6.07) is 0. The zero-order valence-corrected chi connectivity index (χ0v) is 11.5. The van der Waals surface area contributed by atoms with Crippen molar-refractivity contribution in [1.82, 2.24) is 5.32 Å². The molecular formula is C11H23ClN2O3. The van der Waals surface area contributed by atoms with Gasteiger partial charge in [-0.1, -0.05) is 0 Å². The van der Waals surface area contributed by atoms with Crippen molar-refractivity contribution in [2.75, 3.05) is 20.2 Å². The number of amides is 1. The van der Waals surface area contributed by atoms with Crippen LogP contribution >= 0.6 is 12.4 Å². The molecule has 0 aliphatic carbocycles. The number of hydrogen-bond acceptors (Lipinski definition) is 4. The Labute approximate surface area is 109 Å². The molecule has 0 aromatic rings. The molecule has 3 N–H and O–H groups in total. The second kappa shape index (κ2) is 7.16. The van der Waals surface area contributed by atoms with Crippen molar-refractivity contribution in [1.29, 1.82) is 0 Å². The van der Waals surface area contributed by atoms with Crippen molar-refractivity contribution in [3.8, 4) is 0 Å². The summed E-state index contributed by atoms with van der Waals surface area (Å²) in [7, 11) is 1.63. The second-order valence-electron chi connectivity index (χ2n) is 4.74. The molecule has 0 bridgehead atoms. The zero-order valence-electron chi connectivity index (χ0n) is 10.7. The number of ether oxygens (including phenoxy) is 2. The minimum Gasteiger partial charge on any atom is -0.377 e. The Morgan fingerprint density at radius 2 is 2.18 bits per heavy atom. The highest BCUT2D eigenvalue weighted by molar-refractivity contribution is 5.85. The molecule has 0 aromatic heterocycles. The van der Waals surface area contributed by atoms with Crippen LogP contribution in [0.2, 0.25) is 0 Å². The Kier molecular flexibility index (Phi) is 7.01. The zero-order chi connectivity index (χ0) is 12.2. The Morgan fingerprint density at radius 1 is 1.53 bits per heavy atom. The first kappa shape index (κ1) is 16.6. The molecule has 5 nitrogen and oxygen atoms in total. The lowest BCUT2D eigenvalue weighted by atomic mass is 10.1. The minimum atomic E-state index is -0.346. The summed E-state index contributed by atoms with van der Waals surface area (Å²) in [5, 5.41) is 2.83. The SMILES string of the molecule is COC(C)(C)CNC(=O)[C@@H]1CC[C@H](CN)O1.Cl. The first-order valence-corrected chi connectivity index (χ1v) is 5.67. The van der Waals surface area contributed by atoms with E-state index < -0.39 is 0 Å². The summed E-state index contributed by atoms with van der Waals surface area (Å²) in [5.41, 5.74) is 5.14. The standard InChI is InChI=1S/C11H22N2O3.ClH/c1-11(2,15-3)7-13-10(14)9-5-4-8(6-12)16-9;/h8-9H,4-7,12H2,1-3H3,(H,13,14);1H/t8-,9+;/m1./s1. The van der Waals surface area contributed by atoms with E-state index in [1.807, 2.05) is 13.8 Å². The Hall–Kier alpha value is -0.360. The topological polar surface area (TPSA) is 73.6 Å².